The number of aromatic nitrogens is 1. The van der Waals surface area contributed by atoms with Gasteiger partial charge in [-0.3, -0.25) is 4.79 Å². The van der Waals surface area contributed by atoms with Crippen molar-refractivity contribution in [2.75, 3.05) is 12.4 Å². The van der Waals surface area contributed by atoms with Gasteiger partial charge in [-0.25, -0.2) is 9.78 Å². The van der Waals surface area contributed by atoms with E-state index in [9.17, 15) is 9.59 Å². The van der Waals surface area contributed by atoms with Crippen LogP contribution in [0.3, 0.4) is 0 Å². The summed E-state index contributed by atoms with van der Waals surface area (Å²) in [7, 11) is 1.31. The van der Waals surface area contributed by atoms with E-state index in [0.717, 1.165) is 10.6 Å². The maximum Gasteiger partial charge on any atom is 0.339 e. The summed E-state index contributed by atoms with van der Waals surface area (Å²) < 4.78 is 4.72. The van der Waals surface area contributed by atoms with Gasteiger partial charge in [0, 0.05) is 16.3 Å². The molecule has 3 aromatic rings. The number of esters is 1. The van der Waals surface area contributed by atoms with Crippen LogP contribution >= 0.6 is 22.7 Å². The lowest BCUT2D eigenvalue weighted by Crippen LogP contribution is -2.17. The third-order valence-electron chi connectivity index (χ3n) is 3.27. The SMILES string of the molecule is COC(=O)c1ccccc1NC(=O)Cc1csc(-c2ccsc2)n1. The number of anilines is 1. The fourth-order valence-electron chi connectivity index (χ4n) is 2.15. The Balaban J connectivity index is 1.70. The van der Waals surface area contributed by atoms with Crippen LogP contribution in [0.25, 0.3) is 10.6 Å². The minimum atomic E-state index is -0.487. The monoisotopic (exact) mass is 358 g/mol. The number of nitrogens with zero attached hydrogens (tertiary/aromatic N) is 1. The van der Waals surface area contributed by atoms with Gasteiger partial charge in [-0.15, -0.1) is 11.3 Å². The Morgan fingerprint density at radius 2 is 2.04 bits per heavy atom. The normalized spacial score (nSPS) is 10.4. The summed E-state index contributed by atoms with van der Waals surface area (Å²) in [6.45, 7) is 0. The molecule has 3 rings (SSSR count). The van der Waals surface area contributed by atoms with Crippen molar-refractivity contribution in [1.29, 1.82) is 0 Å². The molecule has 2 heterocycles. The van der Waals surface area contributed by atoms with Crippen LogP contribution in [0.4, 0.5) is 5.69 Å². The van der Waals surface area contributed by atoms with Crippen LogP contribution in [-0.4, -0.2) is 24.0 Å². The molecule has 1 amide bonds. The molecular formula is C17H14N2O3S2. The number of para-hydroxylation sites is 1. The lowest BCUT2D eigenvalue weighted by atomic mass is 10.1. The molecule has 0 unspecified atom stereocenters. The summed E-state index contributed by atoms with van der Waals surface area (Å²) in [6, 6.07) is 8.75. The molecule has 2 aromatic heterocycles. The van der Waals surface area contributed by atoms with Gasteiger partial charge in [0.2, 0.25) is 5.91 Å². The molecule has 122 valence electrons. The number of hydrogen-bond acceptors (Lipinski definition) is 6. The molecule has 0 aliphatic heterocycles. The van der Waals surface area contributed by atoms with E-state index in [1.54, 1.807) is 35.6 Å². The standard InChI is InChI=1S/C17H14N2O3S2/c1-22-17(21)13-4-2-3-5-14(13)19-15(20)8-12-10-24-16(18-12)11-6-7-23-9-11/h2-7,9-10H,8H2,1H3,(H,19,20). The van der Waals surface area contributed by atoms with Gasteiger partial charge >= 0.3 is 5.97 Å². The number of carbonyl (C=O) groups is 2. The molecule has 5 nitrogen and oxygen atoms in total. The van der Waals surface area contributed by atoms with E-state index in [2.05, 4.69) is 10.3 Å². The molecule has 0 atom stereocenters. The lowest BCUT2D eigenvalue weighted by molar-refractivity contribution is -0.115. The average Bonchev–Trinajstić information content (AvgIpc) is 3.25. The maximum atomic E-state index is 12.2. The topological polar surface area (TPSA) is 68.3 Å². The van der Waals surface area contributed by atoms with Crippen LogP contribution in [0.1, 0.15) is 16.1 Å². The number of methoxy groups -OCH3 is 1. The third-order valence-corrected chi connectivity index (χ3v) is 4.89. The first kappa shape index (κ1) is 16.4. The lowest BCUT2D eigenvalue weighted by Gasteiger charge is -2.08. The van der Waals surface area contributed by atoms with Crippen molar-refractivity contribution in [3.05, 3.63) is 57.7 Å². The number of rotatable bonds is 5. The second kappa shape index (κ2) is 7.37. The highest BCUT2D eigenvalue weighted by molar-refractivity contribution is 7.14. The molecule has 0 aliphatic carbocycles. The predicted molar refractivity (Wildman–Crippen MR) is 95.5 cm³/mol. The Kier molecular flexibility index (Phi) is 5.02. The molecule has 1 aromatic carbocycles. The largest absolute Gasteiger partial charge is 0.465 e. The first-order valence-corrected chi connectivity index (χ1v) is 8.94. The molecule has 7 heteroatoms. The van der Waals surface area contributed by atoms with Gasteiger partial charge in [-0.2, -0.15) is 11.3 Å². The van der Waals surface area contributed by atoms with Gasteiger partial charge in [0.1, 0.15) is 5.01 Å². The van der Waals surface area contributed by atoms with E-state index in [-0.39, 0.29) is 12.3 Å². The van der Waals surface area contributed by atoms with Gasteiger partial charge in [-0.1, -0.05) is 12.1 Å². The number of thiophene rings is 1. The second-order valence-corrected chi connectivity index (χ2v) is 6.56. The average molecular weight is 358 g/mol. The number of hydrogen-bond donors (Lipinski definition) is 1. The van der Waals surface area contributed by atoms with Crippen molar-refractivity contribution >= 4 is 40.2 Å². The molecule has 24 heavy (non-hydrogen) atoms. The first-order valence-electron chi connectivity index (χ1n) is 7.11. The molecule has 0 saturated heterocycles. The molecular weight excluding hydrogens is 344 g/mol. The van der Waals surface area contributed by atoms with Crippen LogP contribution < -0.4 is 5.32 Å². The van der Waals surface area contributed by atoms with E-state index >= 15 is 0 Å². The number of amides is 1. The van der Waals surface area contributed by atoms with E-state index in [1.807, 2.05) is 22.2 Å². The van der Waals surface area contributed by atoms with E-state index in [1.165, 1.54) is 18.4 Å². The molecule has 0 spiro atoms. The Labute approximate surface area is 146 Å². The van der Waals surface area contributed by atoms with E-state index in [4.69, 9.17) is 4.74 Å². The van der Waals surface area contributed by atoms with Crippen molar-refractivity contribution in [3.8, 4) is 10.6 Å². The van der Waals surface area contributed by atoms with Crippen LogP contribution in [0, 0.1) is 0 Å². The van der Waals surface area contributed by atoms with Gasteiger partial charge in [-0.05, 0) is 23.6 Å². The molecule has 1 N–H and O–H groups in total. The highest BCUT2D eigenvalue weighted by Crippen LogP contribution is 2.26. The summed E-state index contributed by atoms with van der Waals surface area (Å²) in [4.78, 5) is 28.5. The van der Waals surface area contributed by atoms with Crippen molar-refractivity contribution in [2.45, 2.75) is 6.42 Å². The van der Waals surface area contributed by atoms with E-state index < -0.39 is 5.97 Å². The molecule has 0 bridgehead atoms. The van der Waals surface area contributed by atoms with Gasteiger partial charge in [0.15, 0.2) is 0 Å². The van der Waals surface area contributed by atoms with Crippen LogP contribution in [0.5, 0.6) is 0 Å². The van der Waals surface area contributed by atoms with Crippen LogP contribution in [-0.2, 0) is 16.0 Å². The second-order valence-electron chi connectivity index (χ2n) is 4.92. The van der Waals surface area contributed by atoms with Crippen LogP contribution in [0.2, 0.25) is 0 Å². The van der Waals surface area contributed by atoms with Crippen molar-refractivity contribution in [1.82, 2.24) is 4.98 Å². The Bertz CT molecular complexity index is 856. The van der Waals surface area contributed by atoms with Crippen LogP contribution in [0.15, 0.2) is 46.5 Å². The zero-order valence-electron chi connectivity index (χ0n) is 12.8. The van der Waals surface area contributed by atoms with Crippen molar-refractivity contribution in [3.63, 3.8) is 0 Å². The summed E-state index contributed by atoms with van der Waals surface area (Å²) in [6.07, 6.45) is 0.149. The number of thiazole rings is 1. The summed E-state index contributed by atoms with van der Waals surface area (Å²) in [5, 5.41) is 9.53. The number of carbonyl (C=O) groups excluding carboxylic acids is 2. The minimum Gasteiger partial charge on any atom is -0.465 e. The third kappa shape index (κ3) is 3.69. The highest BCUT2D eigenvalue weighted by Gasteiger charge is 2.14. The molecule has 0 radical (unpaired) electrons. The summed E-state index contributed by atoms with van der Waals surface area (Å²) in [5.41, 5.74) is 2.52. The summed E-state index contributed by atoms with van der Waals surface area (Å²) in [5.74, 6) is -0.715. The molecule has 0 aliphatic rings. The highest BCUT2D eigenvalue weighted by atomic mass is 32.1. The number of benzene rings is 1. The van der Waals surface area contributed by atoms with E-state index in [0.29, 0.717) is 16.9 Å². The molecule has 0 fully saturated rings. The first-order chi connectivity index (χ1) is 11.7. The fourth-order valence-corrected chi connectivity index (χ4v) is 3.68. The maximum absolute atomic E-state index is 12.2. The van der Waals surface area contributed by atoms with Crippen molar-refractivity contribution in [2.24, 2.45) is 0 Å². The van der Waals surface area contributed by atoms with Gasteiger partial charge in [0.05, 0.1) is 30.5 Å². The Morgan fingerprint density at radius 1 is 1.21 bits per heavy atom. The molecule has 0 saturated carbocycles. The number of nitrogens with one attached hydrogen (secondary N) is 1. The zero-order chi connectivity index (χ0) is 16.9. The minimum absolute atomic E-state index is 0.149. The smallest absolute Gasteiger partial charge is 0.339 e. The quantitative estimate of drug-likeness (QED) is 0.704. The fraction of sp³-hybridized carbons (Fsp3) is 0.118. The summed E-state index contributed by atoms with van der Waals surface area (Å²) >= 11 is 3.12. The van der Waals surface area contributed by atoms with Gasteiger partial charge < -0.3 is 10.1 Å². The predicted octanol–water partition coefficient (Wildman–Crippen LogP) is 3.84. The number of ether oxygens (including phenoxy) is 1. The Hall–Kier alpha value is -2.51. The van der Waals surface area contributed by atoms with Crippen molar-refractivity contribution < 1.29 is 14.3 Å². The zero-order valence-corrected chi connectivity index (χ0v) is 14.4. The van der Waals surface area contributed by atoms with Gasteiger partial charge in [0.25, 0.3) is 0 Å². The Morgan fingerprint density at radius 3 is 2.79 bits per heavy atom.